The Kier molecular flexibility index (Phi) is 3.36. The second-order valence-electron chi connectivity index (χ2n) is 4.47. The molecule has 100 valence electrons. The molecule has 0 unspecified atom stereocenters. The molecule has 3 aromatic rings. The number of Topliss-reactive ketones (excluding diaryl/α,β-unsaturated/α-hetero) is 1. The highest BCUT2D eigenvalue weighted by Gasteiger charge is 2.13. The van der Waals surface area contributed by atoms with E-state index in [1.165, 1.54) is 12.1 Å². The molecule has 0 amide bonds. The summed E-state index contributed by atoms with van der Waals surface area (Å²) in [4.78, 5) is 12.3. The maximum Gasteiger partial charge on any atom is 0.171 e. The minimum absolute atomic E-state index is 0.0799. The van der Waals surface area contributed by atoms with Crippen LogP contribution in [-0.2, 0) is 6.42 Å². The Morgan fingerprint density at radius 2 is 2.15 bits per heavy atom. The summed E-state index contributed by atoms with van der Waals surface area (Å²) in [6.07, 6.45) is 3.48. The maximum atomic E-state index is 13.3. The minimum atomic E-state index is -0.359. The van der Waals surface area contributed by atoms with Crippen LogP contribution in [0.1, 0.15) is 15.9 Å². The van der Waals surface area contributed by atoms with Crippen LogP contribution in [0.25, 0.3) is 5.52 Å². The van der Waals surface area contributed by atoms with Crippen molar-refractivity contribution in [3.05, 3.63) is 70.2 Å². The van der Waals surface area contributed by atoms with Gasteiger partial charge in [-0.25, -0.2) is 8.91 Å². The van der Waals surface area contributed by atoms with Crippen molar-refractivity contribution in [3.63, 3.8) is 0 Å². The number of pyridine rings is 1. The average Bonchev–Trinajstić information content (AvgIpc) is 2.81. The summed E-state index contributed by atoms with van der Waals surface area (Å²) in [5, 5.41) is 4.13. The number of fused-ring (bicyclic) bond motifs is 1. The average molecular weight is 333 g/mol. The van der Waals surface area contributed by atoms with E-state index in [9.17, 15) is 9.18 Å². The van der Waals surface area contributed by atoms with Gasteiger partial charge in [-0.2, -0.15) is 5.10 Å². The highest BCUT2D eigenvalue weighted by molar-refractivity contribution is 9.10. The summed E-state index contributed by atoms with van der Waals surface area (Å²) in [6, 6.07) is 10.0. The lowest BCUT2D eigenvalue weighted by Gasteiger charge is -2.02. The van der Waals surface area contributed by atoms with Gasteiger partial charge in [0.05, 0.1) is 17.3 Å². The largest absolute Gasteiger partial charge is 0.294 e. The van der Waals surface area contributed by atoms with Crippen molar-refractivity contribution in [2.75, 3.05) is 0 Å². The first-order valence-corrected chi connectivity index (χ1v) is 6.83. The number of aromatic nitrogens is 2. The third-order valence-electron chi connectivity index (χ3n) is 3.01. The topological polar surface area (TPSA) is 34.4 Å². The molecule has 0 atom stereocenters. The van der Waals surface area contributed by atoms with E-state index in [-0.39, 0.29) is 18.0 Å². The van der Waals surface area contributed by atoms with Gasteiger partial charge in [0.15, 0.2) is 5.78 Å². The smallest absolute Gasteiger partial charge is 0.171 e. The molecular weight excluding hydrogens is 323 g/mol. The second kappa shape index (κ2) is 5.17. The molecule has 0 spiro atoms. The van der Waals surface area contributed by atoms with Crippen LogP contribution in [0, 0.1) is 5.82 Å². The number of carbonyl (C=O) groups excluding carboxylic acids is 1. The molecule has 0 aliphatic rings. The van der Waals surface area contributed by atoms with Gasteiger partial charge in [-0.15, -0.1) is 0 Å². The van der Waals surface area contributed by atoms with Gasteiger partial charge in [0.25, 0.3) is 0 Å². The van der Waals surface area contributed by atoms with E-state index in [4.69, 9.17) is 0 Å². The number of rotatable bonds is 3. The predicted molar refractivity (Wildman–Crippen MR) is 77.3 cm³/mol. The van der Waals surface area contributed by atoms with Crippen molar-refractivity contribution < 1.29 is 9.18 Å². The standard InChI is InChI=1S/C15H10BrFN2O/c16-11-5-10(6-12(17)8-11)7-15(20)13-9-18-19-4-2-1-3-14(13)19/h1-6,8-9H,7H2. The second-order valence-corrected chi connectivity index (χ2v) is 5.38. The van der Waals surface area contributed by atoms with Gasteiger partial charge in [0.1, 0.15) is 5.82 Å². The van der Waals surface area contributed by atoms with Gasteiger partial charge in [0, 0.05) is 17.1 Å². The first-order valence-electron chi connectivity index (χ1n) is 6.04. The van der Waals surface area contributed by atoms with E-state index in [1.54, 1.807) is 23.0 Å². The molecule has 0 aliphatic heterocycles. The minimum Gasteiger partial charge on any atom is -0.294 e. The Morgan fingerprint density at radius 1 is 1.30 bits per heavy atom. The number of ketones is 1. The molecule has 2 heterocycles. The van der Waals surface area contributed by atoms with Gasteiger partial charge in [0.2, 0.25) is 0 Å². The van der Waals surface area contributed by atoms with E-state index >= 15 is 0 Å². The number of nitrogens with zero attached hydrogens (tertiary/aromatic N) is 2. The normalized spacial score (nSPS) is 10.9. The maximum absolute atomic E-state index is 13.3. The van der Waals surface area contributed by atoms with Crippen molar-refractivity contribution in [1.29, 1.82) is 0 Å². The molecule has 0 bridgehead atoms. The molecule has 0 fully saturated rings. The predicted octanol–water partition coefficient (Wildman–Crippen LogP) is 3.66. The Bertz CT molecular complexity index is 777. The van der Waals surface area contributed by atoms with Gasteiger partial charge >= 0.3 is 0 Å². The zero-order chi connectivity index (χ0) is 14.1. The van der Waals surface area contributed by atoms with Crippen LogP contribution in [0.5, 0.6) is 0 Å². The molecule has 1 aromatic carbocycles. The van der Waals surface area contributed by atoms with Gasteiger partial charge in [-0.3, -0.25) is 4.79 Å². The first kappa shape index (κ1) is 13.0. The number of hydrogen-bond donors (Lipinski definition) is 0. The third kappa shape index (κ3) is 2.49. The third-order valence-corrected chi connectivity index (χ3v) is 3.47. The lowest BCUT2D eigenvalue weighted by atomic mass is 10.0. The molecule has 20 heavy (non-hydrogen) atoms. The number of halogens is 2. The SMILES string of the molecule is O=C(Cc1cc(F)cc(Br)c1)c1cnn2ccccc12. The van der Waals surface area contributed by atoms with E-state index in [1.807, 2.05) is 18.2 Å². The van der Waals surface area contributed by atoms with Crippen molar-refractivity contribution in [3.8, 4) is 0 Å². The molecule has 3 rings (SSSR count). The molecule has 0 N–H and O–H groups in total. The molecule has 0 saturated heterocycles. The highest BCUT2D eigenvalue weighted by Crippen LogP contribution is 2.18. The van der Waals surface area contributed by atoms with Crippen LogP contribution in [0.15, 0.2) is 53.3 Å². The van der Waals surface area contributed by atoms with E-state index in [0.717, 1.165) is 5.52 Å². The lowest BCUT2D eigenvalue weighted by Crippen LogP contribution is -2.03. The van der Waals surface area contributed by atoms with E-state index in [2.05, 4.69) is 21.0 Å². The summed E-state index contributed by atoms with van der Waals surface area (Å²) >= 11 is 3.22. The fraction of sp³-hybridized carbons (Fsp3) is 0.0667. The van der Waals surface area contributed by atoms with Crippen molar-refractivity contribution >= 4 is 27.2 Å². The number of benzene rings is 1. The number of carbonyl (C=O) groups is 1. The van der Waals surface area contributed by atoms with Crippen LogP contribution in [0.4, 0.5) is 4.39 Å². The molecular formula is C15H10BrFN2O. The van der Waals surface area contributed by atoms with Crippen LogP contribution in [0.2, 0.25) is 0 Å². The van der Waals surface area contributed by atoms with Gasteiger partial charge in [-0.1, -0.05) is 22.0 Å². The summed E-state index contributed by atoms with van der Waals surface area (Å²) in [5.41, 5.74) is 1.94. The van der Waals surface area contributed by atoms with Crippen LogP contribution < -0.4 is 0 Å². The Hall–Kier alpha value is -2.01. The lowest BCUT2D eigenvalue weighted by molar-refractivity contribution is 0.0994. The van der Waals surface area contributed by atoms with Crippen molar-refractivity contribution in [2.45, 2.75) is 6.42 Å². The summed E-state index contributed by atoms with van der Waals surface area (Å²) in [5.74, 6) is -0.439. The number of hydrogen-bond acceptors (Lipinski definition) is 2. The zero-order valence-electron chi connectivity index (χ0n) is 10.4. The molecule has 5 heteroatoms. The summed E-state index contributed by atoms with van der Waals surface area (Å²) in [7, 11) is 0. The van der Waals surface area contributed by atoms with Crippen LogP contribution in [0.3, 0.4) is 0 Å². The van der Waals surface area contributed by atoms with Gasteiger partial charge in [-0.05, 0) is 35.9 Å². The van der Waals surface area contributed by atoms with E-state index < -0.39 is 0 Å². The quantitative estimate of drug-likeness (QED) is 0.686. The first-order chi connectivity index (χ1) is 9.63. The fourth-order valence-corrected chi connectivity index (χ4v) is 2.66. The highest BCUT2D eigenvalue weighted by atomic mass is 79.9. The fourth-order valence-electron chi connectivity index (χ4n) is 2.14. The van der Waals surface area contributed by atoms with Gasteiger partial charge < -0.3 is 0 Å². The monoisotopic (exact) mass is 332 g/mol. The molecule has 0 aliphatic carbocycles. The van der Waals surface area contributed by atoms with Crippen molar-refractivity contribution in [1.82, 2.24) is 9.61 Å². The molecule has 0 saturated carbocycles. The molecule has 2 aromatic heterocycles. The summed E-state index contributed by atoms with van der Waals surface area (Å²) in [6.45, 7) is 0. The Morgan fingerprint density at radius 3 is 2.95 bits per heavy atom. The Labute approximate surface area is 123 Å². The van der Waals surface area contributed by atoms with Crippen molar-refractivity contribution in [2.24, 2.45) is 0 Å². The molecule has 3 nitrogen and oxygen atoms in total. The summed E-state index contributed by atoms with van der Waals surface area (Å²) < 4.78 is 15.6. The van der Waals surface area contributed by atoms with Crippen LogP contribution in [-0.4, -0.2) is 15.4 Å². The zero-order valence-corrected chi connectivity index (χ0v) is 12.0. The molecule has 0 radical (unpaired) electrons. The van der Waals surface area contributed by atoms with Crippen LogP contribution >= 0.6 is 15.9 Å². The van der Waals surface area contributed by atoms with E-state index in [0.29, 0.717) is 15.6 Å². The Balaban J connectivity index is 1.93.